The Morgan fingerprint density at radius 2 is 2.45 bits per heavy atom. The van der Waals surface area contributed by atoms with Crippen LogP contribution in [0.1, 0.15) is 11.3 Å². The van der Waals surface area contributed by atoms with Gasteiger partial charge in [0.25, 0.3) is 0 Å². The number of nitrogens with zero attached hydrogens (tertiary/aromatic N) is 1. The van der Waals surface area contributed by atoms with E-state index in [9.17, 15) is 8.42 Å². The van der Waals surface area contributed by atoms with Crippen LogP contribution < -0.4 is 5.32 Å². The van der Waals surface area contributed by atoms with Crippen molar-refractivity contribution in [3.8, 4) is 0 Å². The topological polar surface area (TPSA) is 68.3 Å². The highest BCUT2D eigenvalue weighted by atomic mass is 32.2. The fraction of sp³-hybridized carbons (Fsp3) is 0.769. The monoisotopic (exact) mass is 318 g/mol. The van der Waals surface area contributed by atoms with Crippen molar-refractivity contribution in [2.45, 2.75) is 12.8 Å². The first-order valence-corrected chi connectivity index (χ1v) is 9.58. The molecule has 0 aliphatic carbocycles. The van der Waals surface area contributed by atoms with E-state index in [2.05, 4.69) is 10.3 Å². The molecule has 2 atom stereocenters. The number of aromatic nitrogens is 1. The van der Waals surface area contributed by atoms with Crippen LogP contribution in [-0.4, -0.2) is 51.7 Å². The van der Waals surface area contributed by atoms with Crippen LogP contribution in [0.25, 0.3) is 0 Å². The number of thiazole rings is 1. The second kappa shape index (κ2) is 7.49. The van der Waals surface area contributed by atoms with Gasteiger partial charge in [-0.15, -0.1) is 11.3 Å². The van der Waals surface area contributed by atoms with Gasteiger partial charge in [0.1, 0.15) is 0 Å². The summed E-state index contributed by atoms with van der Waals surface area (Å²) in [6, 6.07) is 0. The summed E-state index contributed by atoms with van der Waals surface area (Å²) < 4.78 is 28.4. The Balaban J connectivity index is 1.92. The molecule has 0 aromatic carbocycles. The first kappa shape index (κ1) is 15.9. The Morgan fingerprint density at radius 1 is 1.60 bits per heavy atom. The zero-order valence-electron chi connectivity index (χ0n) is 11.7. The van der Waals surface area contributed by atoms with Crippen molar-refractivity contribution in [3.63, 3.8) is 0 Å². The van der Waals surface area contributed by atoms with Crippen LogP contribution in [0.5, 0.6) is 0 Å². The van der Waals surface area contributed by atoms with Gasteiger partial charge < -0.3 is 10.1 Å². The van der Waals surface area contributed by atoms with Crippen molar-refractivity contribution < 1.29 is 13.2 Å². The zero-order valence-corrected chi connectivity index (χ0v) is 13.4. The molecular weight excluding hydrogens is 296 g/mol. The van der Waals surface area contributed by atoms with Crippen LogP contribution in [-0.2, 0) is 21.0 Å². The molecule has 0 bridgehead atoms. The lowest BCUT2D eigenvalue weighted by molar-refractivity contribution is 0.195. The highest BCUT2D eigenvalue weighted by Crippen LogP contribution is 2.29. The Labute approximate surface area is 124 Å². The summed E-state index contributed by atoms with van der Waals surface area (Å²) in [5.41, 5.74) is 1.83. The van der Waals surface area contributed by atoms with Gasteiger partial charge in [-0.2, -0.15) is 0 Å². The predicted octanol–water partition coefficient (Wildman–Crippen LogP) is 0.972. The van der Waals surface area contributed by atoms with Gasteiger partial charge in [-0.3, -0.25) is 4.98 Å². The molecule has 1 aromatic heterocycles. The fourth-order valence-corrected chi connectivity index (χ4v) is 5.27. The molecule has 20 heavy (non-hydrogen) atoms. The van der Waals surface area contributed by atoms with Crippen LogP contribution in [0.15, 0.2) is 11.7 Å². The molecule has 2 heterocycles. The van der Waals surface area contributed by atoms with Crippen molar-refractivity contribution in [2.24, 2.45) is 11.8 Å². The van der Waals surface area contributed by atoms with Crippen LogP contribution in [0.4, 0.5) is 0 Å². The summed E-state index contributed by atoms with van der Waals surface area (Å²) in [4.78, 5) is 5.33. The van der Waals surface area contributed by atoms with E-state index < -0.39 is 9.84 Å². The molecule has 0 spiro atoms. The van der Waals surface area contributed by atoms with E-state index >= 15 is 0 Å². The Kier molecular flexibility index (Phi) is 5.95. The number of hydrogen-bond donors (Lipinski definition) is 1. The lowest BCUT2D eigenvalue weighted by atomic mass is 9.88. The highest BCUT2D eigenvalue weighted by molar-refractivity contribution is 7.91. The molecule has 1 fully saturated rings. The molecule has 2 rings (SSSR count). The highest BCUT2D eigenvalue weighted by Gasteiger charge is 2.33. The first-order chi connectivity index (χ1) is 9.61. The standard InChI is InChI=1S/C13H22N2O3S2/c1-18-4-3-14-7-12(6-13-8-15-10-19-13)11-2-5-20(16,17)9-11/h8,10-12,14H,2-7,9H2,1H3. The van der Waals surface area contributed by atoms with E-state index in [1.807, 2.05) is 11.7 Å². The number of rotatable bonds is 8. The summed E-state index contributed by atoms with van der Waals surface area (Å²) in [5.74, 6) is 1.29. The Bertz CT molecular complexity index is 488. The minimum atomic E-state index is -2.82. The molecule has 7 heteroatoms. The van der Waals surface area contributed by atoms with Crippen molar-refractivity contribution >= 4 is 21.2 Å². The maximum atomic E-state index is 11.7. The Morgan fingerprint density at radius 3 is 3.05 bits per heavy atom. The summed E-state index contributed by atoms with van der Waals surface area (Å²) in [6.07, 6.45) is 3.58. The van der Waals surface area contributed by atoms with Gasteiger partial charge in [-0.05, 0) is 31.2 Å². The van der Waals surface area contributed by atoms with Gasteiger partial charge in [-0.1, -0.05) is 0 Å². The molecule has 2 unspecified atom stereocenters. The second-order valence-corrected chi connectivity index (χ2v) is 8.49. The lowest BCUT2D eigenvalue weighted by Crippen LogP contribution is -2.32. The quantitative estimate of drug-likeness (QED) is 0.724. The minimum Gasteiger partial charge on any atom is -0.383 e. The van der Waals surface area contributed by atoms with Crippen LogP contribution in [0, 0.1) is 11.8 Å². The molecule has 114 valence electrons. The van der Waals surface area contributed by atoms with Crippen LogP contribution in [0.2, 0.25) is 0 Å². The van der Waals surface area contributed by atoms with E-state index in [-0.39, 0.29) is 5.92 Å². The molecule has 1 aliphatic heterocycles. The molecule has 1 N–H and O–H groups in total. The van der Waals surface area contributed by atoms with Gasteiger partial charge in [0.15, 0.2) is 9.84 Å². The number of methoxy groups -OCH3 is 1. The first-order valence-electron chi connectivity index (χ1n) is 6.88. The van der Waals surface area contributed by atoms with Crippen molar-refractivity contribution in [1.82, 2.24) is 10.3 Å². The van der Waals surface area contributed by atoms with E-state index in [1.54, 1.807) is 18.4 Å². The van der Waals surface area contributed by atoms with Gasteiger partial charge in [0.05, 0.1) is 23.6 Å². The van der Waals surface area contributed by atoms with Gasteiger partial charge in [-0.25, -0.2) is 8.42 Å². The maximum Gasteiger partial charge on any atom is 0.150 e. The van der Waals surface area contributed by atoms with Gasteiger partial charge >= 0.3 is 0 Å². The van der Waals surface area contributed by atoms with Gasteiger partial charge in [0.2, 0.25) is 0 Å². The smallest absolute Gasteiger partial charge is 0.150 e. The molecular formula is C13H22N2O3S2. The summed E-state index contributed by atoms with van der Waals surface area (Å²) in [7, 11) is -1.14. The van der Waals surface area contributed by atoms with Crippen LogP contribution in [0.3, 0.4) is 0 Å². The normalized spacial score (nSPS) is 22.9. The number of hydrogen-bond acceptors (Lipinski definition) is 6. The third kappa shape index (κ3) is 4.80. The maximum absolute atomic E-state index is 11.7. The number of sulfone groups is 1. The second-order valence-electron chi connectivity index (χ2n) is 5.29. The summed E-state index contributed by atoms with van der Waals surface area (Å²) >= 11 is 1.64. The van der Waals surface area contributed by atoms with E-state index in [1.165, 1.54) is 4.88 Å². The fourth-order valence-electron chi connectivity index (χ4n) is 2.66. The van der Waals surface area contributed by atoms with Crippen molar-refractivity contribution in [2.75, 3.05) is 38.3 Å². The average molecular weight is 318 g/mol. The third-order valence-corrected chi connectivity index (χ3v) is 6.37. The average Bonchev–Trinajstić information content (AvgIpc) is 3.02. The molecule has 5 nitrogen and oxygen atoms in total. The lowest BCUT2D eigenvalue weighted by Gasteiger charge is -2.22. The zero-order chi connectivity index (χ0) is 14.4. The van der Waals surface area contributed by atoms with Crippen LogP contribution >= 0.6 is 11.3 Å². The minimum absolute atomic E-state index is 0.261. The SMILES string of the molecule is COCCNCC(Cc1cncs1)C1CCS(=O)(=O)C1. The third-order valence-electron chi connectivity index (χ3n) is 3.77. The summed E-state index contributed by atoms with van der Waals surface area (Å²) in [6.45, 7) is 2.31. The molecule has 0 saturated carbocycles. The van der Waals surface area contributed by atoms with Crippen molar-refractivity contribution in [3.05, 3.63) is 16.6 Å². The molecule has 0 amide bonds. The Hall–Kier alpha value is -0.500. The van der Waals surface area contributed by atoms with E-state index in [4.69, 9.17) is 4.74 Å². The molecule has 1 saturated heterocycles. The molecule has 0 radical (unpaired) electrons. The number of ether oxygens (including phenoxy) is 1. The van der Waals surface area contributed by atoms with E-state index in [0.29, 0.717) is 24.0 Å². The predicted molar refractivity (Wildman–Crippen MR) is 80.8 cm³/mol. The largest absolute Gasteiger partial charge is 0.383 e. The molecule has 1 aliphatic rings. The van der Waals surface area contributed by atoms with Crippen molar-refractivity contribution in [1.29, 1.82) is 0 Å². The van der Waals surface area contributed by atoms with E-state index in [0.717, 1.165) is 25.9 Å². The van der Waals surface area contributed by atoms with Gasteiger partial charge in [0, 0.05) is 24.7 Å². The number of nitrogens with one attached hydrogen (secondary N) is 1. The summed E-state index contributed by atoms with van der Waals surface area (Å²) in [5, 5.41) is 3.37. The molecule has 1 aromatic rings.